The molecule has 2 unspecified atom stereocenters. The van der Waals surface area contributed by atoms with E-state index in [0.717, 1.165) is 0 Å². The number of ether oxygens (including phenoxy) is 1. The van der Waals surface area contributed by atoms with E-state index in [2.05, 4.69) is 0 Å². The fourth-order valence-corrected chi connectivity index (χ4v) is 1.78. The van der Waals surface area contributed by atoms with Crippen molar-refractivity contribution in [2.45, 2.75) is 6.10 Å². The maximum atomic E-state index is 11.4. The molecule has 1 aliphatic rings. The summed E-state index contributed by atoms with van der Waals surface area (Å²) in [6.45, 7) is 0.659. The lowest BCUT2D eigenvalue weighted by Crippen LogP contribution is -2.03. The molecule has 1 fully saturated rings. The number of benzene rings is 1. The van der Waals surface area contributed by atoms with Crippen LogP contribution in [0.4, 0.5) is 0 Å². The van der Waals surface area contributed by atoms with E-state index in [1.54, 1.807) is 30.3 Å². The lowest BCUT2D eigenvalue weighted by molar-refractivity contribution is 0.185. The van der Waals surface area contributed by atoms with Crippen LogP contribution in [0.5, 0.6) is 5.75 Å². The summed E-state index contributed by atoms with van der Waals surface area (Å²) in [5.41, 5.74) is 0. The molecule has 2 atom stereocenters. The Hall–Kier alpha value is -0.870. The molecule has 1 saturated heterocycles. The first kappa shape index (κ1) is 10.6. The topological polar surface area (TPSA) is 68.3 Å². The zero-order valence-corrected chi connectivity index (χ0v) is 8.80. The van der Waals surface area contributed by atoms with Gasteiger partial charge in [0.15, 0.2) is 0 Å². The summed E-state index contributed by atoms with van der Waals surface area (Å²) in [6.07, 6.45) is -0.0650. The summed E-state index contributed by atoms with van der Waals surface area (Å²) >= 11 is 0. The van der Waals surface area contributed by atoms with Crippen molar-refractivity contribution in [3.63, 3.8) is 0 Å². The van der Waals surface area contributed by atoms with Gasteiger partial charge in [-0.1, -0.05) is 18.2 Å². The molecule has 0 amide bonds. The van der Waals surface area contributed by atoms with Crippen molar-refractivity contribution in [3.05, 3.63) is 30.3 Å². The van der Waals surface area contributed by atoms with Crippen LogP contribution in [0.25, 0.3) is 0 Å². The maximum absolute atomic E-state index is 11.4. The zero-order valence-electron chi connectivity index (χ0n) is 7.91. The molecule has 0 radical (unpaired) electrons. The molecule has 2 rings (SSSR count). The highest BCUT2D eigenvalue weighted by Crippen LogP contribution is 2.44. The lowest BCUT2D eigenvalue weighted by atomic mass is 10.3. The number of para-hydroxylation sites is 1. The molecule has 1 N–H and O–H groups in total. The smallest absolute Gasteiger partial charge is 0.404 e. The summed E-state index contributed by atoms with van der Waals surface area (Å²) in [6, 6.07) is 8.37. The number of hydrogen-bond donors (Lipinski definition) is 1. The van der Waals surface area contributed by atoms with E-state index >= 15 is 0 Å². The number of phosphoric acid groups is 1. The molecular weight excluding hydrogens is 219 g/mol. The van der Waals surface area contributed by atoms with Crippen molar-refractivity contribution < 1.29 is 23.2 Å². The van der Waals surface area contributed by atoms with Gasteiger partial charge < -0.3 is 9.26 Å². The first-order valence-corrected chi connectivity index (χ1v) is 5.99. The Morgan fingerprint density at radius 3 is 2.73 bits per heavy atom. The van der Waals surface area contributed by atoms with Crippen LogP contribution in [0, 0.1) is 0 Å². The molecule has 6 heteroatoms. The molecule has 1 heterocycles. The first-order chi connectivity index (χ1) is 7.16. The van der Waals surface area contributed by atoms with Gasteiger partial charge in [-0.15, -0.1) is 0 Å². The van der Waals surface area contributed by atoms with Crippen molar-refractivity contribution in [2.24, 2.45) is 0 Å². The molecule has 0 saturated carbocycles. The summed E-state index contributed by atoms with van der Waals surface area (Å²) < 4.78 is 25.7. The molecular formula is C9H11O5P. The molecule has 0 spiro atoms. The van der Waals surface area contributed by atoms with Crippen molar-refractivity contribution in [1.29, 1.82) is 0 Å². The third-order valence-corrected chi connectivity index (χ3v) is 2.71. The van der Waals surface area contributed by atoms with Crippen LogP contribution in [0.15, 0.2) is 30.3 Å². The largest absolute Gasteiger partial charge is 0.527 e. The highest BCUT2D eigenvalue weighted by Gasteiger charge is 2.30. The summed E-state index contributed by atoms with van der Waals surface area (Å²) in [5, 5.41) is 0. The van der Waals surface area contributed by atoms with E-state index < -0.39 is 7.82 Å². The van der Waals surface area contributed by atoms with Crippen molar-refractivity contribution in [3.8, 4) is 5.75 Å². The highest BCUT2D eigenvalue weighted by atomic mass is 31.2. The normalized spacial score (nSPS) is 23.1. The lowest BCUT2D eigenvalue weighted by Gasteiger charge is -2.11. The van der Waals surface area contributed by atoms with E-state index in [-0.39, 0.29) is 12.7 Å². The minimum Gasteiger partial charge on any atom is -0.404 e. The van der Waals surface area contributed by atoms with Crippen LogP contribution in [0.3, 0.4) is 0 Å². The third kappa shape index (κ3) is 3.64. The Bertz CT molecular complexity index is 362. The molecule has 82 valence electrons. The van der Waals surface area contributed by atoms with E-state index in [9.17, 15) is 9.46 Å². The van der Waals surface area contributed by atoms with Gasteiger partial charge in [0.1, 0.15) is 11.9 Å². The molecule has 1 aromatic rings. The Kier molecular flexibility index (Phi) is 3.07. The van der Waals surface area contributed by atoms with Crippen LogP contribution in [0.2, 0.25) is 0 Å². The van der Waals surface area contributed by atoms with Crippen LogP contribution < -0.4 is 4.52 Å². The second-order valence-corrected chi connectivity index (χ2v) is 4.50. The Morgan fingerprint density at radius 1 is 1.47 bits per heavy atom. The predicted molar refractivity (Wildman–Crippen MR) is 52.6 cm³/mol. The average Bonchev–Trinajstić information content (AvgIpc) is 2.99. The Labute approximate surface area is 87.2 Å². The van der Waals surface area contributed by atoms with Gasteiger partial charge in [0.05, 0.1) is 13.2 Å². The van der Waals surface area contributed by atoms with Crippen LogP contribution >= 0.6 is 7.82 Å². The number of phosphoric ester groups is 1. The van der Waals surface area contributed by atoms with Gasteiger partial charge in [0, 0.05) is 0 Å². The van der Waals surface area contributed by atoms with Crippen LogP contribution in [-0.4, -0.2) is 24.2 Å². The monoisotopic (exact) mass is 230 g/mol. The van der Waals surface area contributed by atoms with Crippen molar-refractivity contribution in [2.75, 3.05) is 13.2 Å². The van der Waals surface area contributed by atoms with Crippen LogP contribution in [-0.2, 0) is 13.8 Å². The molecule has 0 aromatic heterocycles. The van der Waals surface area contributed by atoms with Gasteiger partial charge in [0.25, 0.3) is 0 Å². The Balaban J connectivity index is 1.88. The predicted octanol–water partition coefficient (Wildman–Crippen LogP) is 1.58. The first-order valence-electron chi connectivity index (χ1n) is 4.49. The molecule has 1 aliphatic heterocycles. The van der Waals surface area contributed by atoms with E-state index in [1.807, 2.05) is 0 Å². The number of epoxide rings is 1. The standard InChI is InChI=1S/C9H11O5P/c10-15(11,13-7-9-6-12-9)14-8-4-2-1-3-5-8/h1-5,9H,6-7H2,(H,10,11). The van der Waals surface area contributed by atoms with Crippen molar-refractivity contribution in [1.82, 2.24) is 0 Å². The van der Waals surface area contributed by atoms with Gasteiger partial charge in [-0.2, -0.15) is 0 Å². The second-order valence-electron chi connectivity index (χ2n) is 3.12. The molecule has 15 heavy (non-hydrogen) atoms. The van der Waals surface area contributed by atoms with Crippen molar-refractivity contribution >= 4 is 7.82 Å². The van der Waals surface area contributed by atoms with Gasteiger partial charge >= 0.3 is 7.82 Å². The van der Waals surface area contributed by atoms with Crippen LogP contribution in [0.1, 0.15) is 0 Å². The molecule has 0 bridgehead atoms. The minimum absolute atomic E-state index is 0.0650. The van der Waals surface area contributed by atoms with Gasteiger partial charge in [-0.25, -0.2) is 4.57 Å². The van der Waals surface area contributed by atoms with E-state index in [1.165, 1.54) is 0 Å². The number of hydrogen-bond acceptors (Lipinski definition) is 4. The Morgan fingerprint density at radius 2 is 2.13 bits per heavy atom. The second kappa shape index (κ2) is 4.33. The fourth-order valence-electron chi connectivity index (χ4n) is 0.983. The van der Waals surface area contributed by atoms with Gasteiger partial charge in [-0.05, 0) is 12.1 Å². The fraction of sp³-hybridized carbons (Fsp3) is 0.333. The quantitative estimate of drug-likeness (QED) is 0.614. The summed E-state index contributed by atoms with van der Waals surface area (Å²) in [4.78, 5) is 9.30. The third-order valence-electron chi connectivity index (χ3n) is 1.79. The van der Waals surface area contributed by atoms with Gasteiger partial charge in [0.2, 0.25) is 0 Å². The molecule has 5 nitrogen and oxygen atoms in total. The highest BCUT2D eigenvalue weighted by molar-refractivity contribution is 7.47. The number of rotatable bonds is 5. The average molecular weight is 230 g/mol. The minimum atomic E-state index is -4.01. The molecule has 1 aromatic carbocycles. The zero-order chi connectivity index (χ0) is 10.7. The van der Waals surface area contributed by atoms with Gasteiger partial charge in [-0.3, -0.25) is 9.42 Å². The molecule has 0 aliphatic carbocycles. The summed E-state index contributed by atoms with van der Waals surface area (Å²) in [5.74, 6) is 0.306. The van der Waals surface area contributed by atoms with E-state index in [0.29, 0.717) is 12.4 Å². The SMILES string of the molecule is O=P(O)(OCC1CO1)Oc1ccccc1. The summed E-state index contributed by atoms with van der Waals surface area (Å²) in [7, 11) is -4.01. The maximum Gasteiger partial charge on any atom is 0.527 e. The van der Waals surface area contributed by atoms with E-state index in [4.69, 9.17) is 13.8 Å².